The fraction of sp³-hybridized carbons (Fsp3) is 0.312. The summed E-state index contributed by atoms with van der Waals surface area (Å²) in [4.78, 5) is 9.35. The molecule has 0 spiro atoms. The number of ether oxygens (including phenoxy) is 1. The Morgan fingerprint density at radius 1 is 0.860 bits per heavy atom. The van der Waals surface area contributed by atoms with Gasteiger partial charge in [-0.1, -0.05) is 42.5 Å². The van der Waals surface area contributed by atoms with E-state index in [2.05, 4.69) is 27.0 Å². The molecule has 6 rings (SSSR count). The van der Waals surface area contributed by atoms with E-state index >= 15 is 0 Å². The SMILES string of the molecule is O[C@H](COc1ccc2sc(-c3ccccc3)nc2c1)CN1CCN(CCn2cc(-c3ccc(C(F)(F)F)cc3)cn2)CC1. The predicted molar refractivity (Wildman–Crippen MR) is 162 cm³/mol. The lowest BCUT2D eigenvalue weighted by molar-refractivity contribution is -0.137. The van der Waals surface area contributed by atoms with Crippen molar-refractivity contribution in [1.82, 2.24) is 24.6 Å². The zero-order chi connectivity index (χ0) is 29.8. The molecule has 1 N–H and O–H groups in total. The first-order valence-electron chi connectivity index (χ1n) is 14.2. The molecule has 7 nitrogen and oxygen atoms in total. The topological polar surface area (TPSA) is 66.7 Å². The van der Waals surface area contributed by atoms with Gasteiger partial charge in [-0.3, -0.25) is 14.5 Å². The summed E-state index contributed by atoms with van der Waals surface area (Å²) < 4.78 is 47.3. The Labute approximate surface area is 251 Å². The Kier molecular flexibility index (Phi) is 8.75. The molecule has 0 unspecified atom stereocenters. The monoisotopic (exact) mass is 607 g/mol. The van der Waals surface area contributed by atoms with E-state index in [1.165, 1.54) is 12.1 Å². The summed E-state index contributed by atoms with van der Waals surface area (Å²) in [6.07, 6.45) is -1.40. The van der Waals surface area contributed by atoms with E-state index in [0.717, 1.165) is 71.2 Å². The molecule has 224 valence electrons. The van der Waals surface area contributed by atoms with Crippen LogP contribution < -0.4 is 4.74 Å². The van der Waals surface area contributed by atoms with E-state index in [4.69, 9.17) is 9.72 Å². The van der Waals surface area contributed by atoms with Gasteiger partial charge >= 0.3 is 6.18 Å². The third-order valence-electron chi connectivity index (χ3n) is 7.58. The highest BCUT2D eigenvalue weighted by Crippen LogP contribution is 2.32. The number of aromatic nitrogens is 3. The molecule has 11 heteroatoms. The second-order valence-corrected chi connectivity index (χ2v) is 11.7. The van der Waals surface area contributed by atoms with E-state index in [1.807, 2.05) is 47.3 Å². The average molecular weight is 608 g/mol. The lowest BCUT2D eigenvalue weighted by Crippen LogP contribution is -2.49. The van der Waals surface area contributed by atoms with Crippen molar-refractivity contribution in [3.8, 4) is 27.4 Å². The molecule has 5 aromatic rings. The number of β-amino-alcohol motifs (C(OH)–C–C–N with tert-alkyl or cyclic N) is 1. The summed E-state index contributed by atoms with van der Waals surface area (Å²) in [6.45, 7) is 5.71. The van der Waals surface area contributed by atoms with E-state index in [1.54, 1.807) is 17.5 Å². The fourth-order valence-corrected chi connectivity index (χ4v) is 6.12. The molecule has 2 aromatic heterocycles. The molecular formula is C32H32F3N5O2S. The summed E-state index contributed by atoms with van der Waals surface area (Å²) in [7, 11) is 0. The highest BCUT2D eigenvalue weighted by Gasteiger charge is 2.30. The Bertz CT molecular complexity index is 1630. The third-order valence-corrected chi connectivity index (χ3v) is 8.67. The van der Waals surface area contributed by atoms with Gasteiger partial charge in [0.05, 0.1) is 28.5 Å². The molecular weight excluding hydrogens is 575 g/mol. The van der Waals surface area contributed by atoms with Crippen LogP contribution in [0.3, 0.4) is 0 Å². The number of nitrogens with zero attached hydrogens (tertiary/aromatic N) is 5. The average Bonchev–Trinajstić information content (AvgIpc) is 3.67. The molecule has 3 heterocycles. The maximum atomic E-state index is 12.8. The highest BCUT2D eigenvalue weighted by atomic mass is 32.1. The number of piperazine rings is 1. The second kappa shape index (κ2) is 12.8. The van der Waals surface area contributed by atoms with E-state index < -0.39 is 17.8 Å². The third kappa shape index (κ3) is 7.42. The van der Waals surface area contributed by atoms with E-state index in [-0.39, 0.29) is 6.61 Å². The molecule has 0 bridgehead atoms. The molecule has 1 aliphatic rings. The first kappa shape index (κ1) is 29.3. The normalized spacial score (nSPS) is 15.6. The van der Waals surface area contributed by atoms with Gasteiger partial charge < -0.3 is 9.84 Å². The lowest BCUT2D eigenvalue weighted by atomic mass is 10.1. The van der Waals surface area contributed by atoms with Crippen molar-refractivity contribution in [1.29, 1.82) is 0 Å². The molecule has 0 amide bonds. The smallest absolute Gasteiger partial charge is 0.416 e. The molecule has 1 fully saturated rings. The van der Waals surface area contributed by atoms with Crippen molar-refractivity contribution in [2.24, 2.45) is 0 Å². The maximum absolute atomic E-state index is 12.8. The van der Waals surface area contributed by atoms with Gasteiger partial charge in [-0.2, -0.15) is 18.3 Å². The largest absolute Gasteiger partial charge is 0.491 e. The van der Waals surface area contributed by atoms with Gasteiger partial charge in [0.25, 0.3) is 0 Å². The number of aliphatic hydroxyl groups is 1. The van der Waals surface area contributed by atoms with Crippen molar-refractivity contribution >= 4 is 21.6 Å². The van der Waals surface area contributed by atoms with Gasteiger partial charge in [0.15, 0.2) is 0 Å². The second-order valence-electron chi connectivity index (χ2n) is 10.7. The van der Waals surface area contributed by atoms with Crippen LogP contribution in [0.15, 0.2) is 85.2 Å². The summed E-state index contributed by atoms with van der Waals surface area (Å²) in [5, 5.41) is 16.0. The Hall–Kier alpha value is -3.77. The van der Waals surface area contributed by atoms with Gasteiger partial charge in [-0.05, 0) is 29.8 Å². The summed E-state index contributed by atoms with van der Waals surface area (Å²) in [5.74, 6) is 0.696. The first-order valence-corrected chi connectivity index (χ1v) is 15.0. The van der Waals surface area contributed by atoms with Crippen LogP contribution in [-0.2, 0) is 12.7 Å². The molecule has 43 heavy (non-hydrogen) atoms. The van der Waals surface area contributed by atoms with Crippen LogP contribution in [-0.4, -0.2) is 81.7 Å². The predicted octanol–water partition coefficient (Wildman–Crippen LogP) is 5.90. The number of hydrogen-bond acceptors (Lipinski definition) is 7. The van der Waals surface area contributed by atoms with E-state index in [0.29, 0.717) is 24.4 Å². The summed E-state index contributed by atoms with van der Waals surface area (Å²) in [6, 6.07) is 21.1. The van der Waals surface area contributed by atoms with Crippen molar-refractivity contribution in [3.63, 3.8) is 0 Å². The van der Waals surface area contributed by atoms with Gasteiger partial charge in [-0.15, -0.1) is 11.3 Å². The number of hydrogen-bond donors (Lipinski definition) is 1. The van der Waals surface area contributed by atoms with Crippen molar-refractivity contribution in [3.05, 3.63) is 90.8 Å². The summed E-state index contributed by atoms with van der Waals surface area (Å²) >= 11 is 1.65. The molecule has 1 aliphatic heterocycles. The molecule has 0 saturated carbocycles. The van der Waals surface area contributed by atoms with Crippen LogP contribution in [0, 0.1) is 0 Å². The number of thiazole rings is 1. The van der Waals surface area contributed by atoms with E-state index in [9.17, 15) is 18.3 Å². The van der Waals surface area contributed by atoms with Crippen molar-refractivity contribution in [2.75, 3.05) is 45.9 Å². The number of benzene rings is 3. The zero-order valence-electron chi connectivity index (χ0n) is 23.5. The first-order chi connectivity index (χ1) is 20.8. The molecule has 0 aliphatic carbocycles. The quantitative estimate of drug-likeness (QED) is 0.213. The van der Waals surface area contributed by atoms with Gasteiger partial charge in [0, 0.05) is 62.7 Å². The van der Waals surface area contributed by atoms with Crippen LogP contribution in [0.5, 0.6) is 5.75 Å². The Morgan fingerprint density at radius 3 is 2.35 bits per heavy atom. The fourth-order valence-electron chi connectivity index (χ4n) is 5.17. The van der Waals surface area contributed by atoms with Gasteiger partial charge in [-0.25, -0.2) is 4.98 Å². The summed E-state index contributed by atoms with van der Waals surface area (Å²) in [5.41, 5.74) is 2.82. The minimum atomic E-state index is -4.34. The maximum Gasteiger partial charge on any atom is 0.416 e. The van der Waals surface area contributed by atoms with Crippen LogP contribution in [0.25, 0.3) is 31.9 Å². The number of fused-ring (bicyclic) bond motifs is 1. The van der Waals surface area contributed by atoms with Gasteiger partial charge in [0.2, 0.25) is 0 Å². The van der Waals surface area contributed by atoms with Crippen molar-refractivity contribution in [2.45, 2.75) is 18.8 Å². The van der Waals surface area contributed by atoms with Crippen LogP contribution in [0.1, 0.15) is 5.56 Å². The molecule has 1 saturated heterocycles. The Balaban J connectivity index is 0.921. The van der Waals surface area contributed by atoms with Crippen molar-refractivity contribution < 1.29 is 23.0 Å². The molecule has 3 aromatic carbocycles. The number of alkyl halides is 3. The number of rotatable bonds is 10. The lowest BCUT2D eigenvalue weighted by Gasteiger charge is -2.35. The van der Waals surface area contributed by atoms with Gasteiger partial charge in [0.1, 0.15) is 23.5 Å². The van der Waals surface area contributed by atoms with Crippen LogP contribution >= 0.6 is 11.3 Å². The number of aliphatic hydroxyl groups excluding tert-OH is 1. The molecule has 0 radical (unpaired) electrons. The molecule has 1 atom stereocenters. The van der Waals surface area contributed by atoms with Crippen LogP contribution in [0.4, 0.5) is 13.2 Å². The minimum Gasteiger partial charge on any atom is -0.491 e. The zero-order valence-corrected chi connectivity index (χ0v) is 24.3. The minimum absolute atomic E-state index is 0.210. The number of halogens is 3. The Morgan fingerprint density at radius 2 is 1.60 bits per heavy atom. The van der Waals surface area contributed by atoms with Crippen LogP contribution in [0.2, 0.25) is 0 Å². The standard InChI is InChI=1S/C32H32F3N5O2S/c33-32(34,35)26-8-6-23(7-9-26)25-19-36-40(20-25)17-16-38-12-14-39(15-13-38)21-27(41)22-42-28-10-11-30-29(18-28)37-31(43-30)24-4-2-1-3-5-24/h1-11,18-20,27,41H,12-17,21-22H2/t27-/m0/s1. The highest BCUT2D eigenvalue weighted by molar-refractivity contribution is 7.21.